The van der Waals surface area contributed by atoms with Crippen LogP contribution in [0.2, 0.25) is 0 Å². The molecule has 0 radical (unpaired) electrons. The molecule has 2 heterocycles. The van der Waals surface area contributed by atoms with Crippen molar-refractivity contribution in [1.82, 2.24) is 9.55 Å². The van der Waals surface area contributed by atoms with Crippen molar-refractivity contribution in [2.24, 2.45) is 12.0 Å². The van der Waals surface area contributed by atoms with E-state index in [4.69, 9.17) is 0 Å². The number of carbonyl (C=O) groups is 1. The molecular formula is C7H7N3O. The van der Waals surface area contributed by atoms with Crippen molar-refractivity contribution in [1.29, 1.82) is 0 Å². The highest BCUT2D eigenvalue weighted by molar-refractivity contribution is 6.05. The summed E-state index contributed by atoms with van der Waals surface area (Å²) in [5, 5.41) is 0. The molecule has 0 saturated heterocycles. The topological polar surface area (TPSA) is 47.2 Å². The molecule has 4 heteroatoms. The van der Waals surface area contributed by atoms with Crippen molar-refractivity contribution in [3.63, 3.8) is 0 Å². The number of ketones is 1. The normalized spacial score (nSPS) is 15.2. The monoisotopic (exact) mass is 149 g/mol. The maximum Gasteiger partial charge on any atom is 0.204 e. The molecule has 0 bridgehead atoms. The second kappa shape index (κ2) is 2.02. The molecule has 0 saturated carbocycles. The van der Waals surface area contributed by atoms with Crippen molar-refractivity contribution in [3.05, 3.63) is 17.7 Å². The number of aliphatic imine (C=N–C) groups is 1. The molecule has 1 aromatic rings. The smallest absolute Gasteiger partial charge is 0.204 e. The van der Waals surface area contributed by atoms with E-state index in [0.29, 0.717) is 5.69 Å². The first kappa shape index (κ1) is 6.27. The van der Waals surface area contributed by atoms with Gasteiger partial charge in [0.25, 0.3) is 0 Å². The van der Waals surface area contributed by atoms with Crippen molar-refractivity contribution in [2.45, 2.75) is 0 Å². The van der Waals surface area contributed by atoms with Crippen LogP contribution >= 0.6 is 0 Å². The predicted molar refractivity (Wildman–Crippen MR) is 40.0 cm³/mol. The minimum absolute atomic E-state index is 0.00287. The number of carbonyl (C=O) groups excluding carboxylic acids is 1. The van der Waals surface area contributed by atoms with Crippen LogP contribution in [0.15, 0.2) is 11.3 Å². The van der Waals surface area contributed by atoms with E-state index in [1.807, 2.05) is 7.05 Å². The summed E-state index contributed by atoms with van der Waals surface area (Å²) in [6.45, 7) is 0.240. The fraction of sp³-hybridized carbons (Fsp3) is 0.286. The quantitative estimate of drug-likeness (QED) is 0.522. The molecule has 2 rings (SSSR count). The molecule has 1 aliphatic heterocycles. The minimum atomic E-state index is 0.00287. The predicted octanol–water partition coefficient (Wildman–Crippen LogP) is 0.0353. The van der Waals surface area contributed by atoms with Gasteiger partial charge in [-0.05, 0) is 0 Å². The summed E-state index contributed by atoms with van der Waals surface area (Å²) in [6, 6.07) is 0. The summed E-state index contributed by atoms with van der Waals surface area (Å²) in [4.78, 5) is 19.0. The second-order valence-electron chi connectivity index (χ2n) is 2.48. The highest BCUT2D eigenvalue weighted by atomic mass is 16.1. The molecule has 0 aromatic carbocycles. The fourth-order valence-corrected chi connectivity index (χ4v) is 1.10. The number of rotatable bonds is 0. The van der Waals surface area contributed by atoms with E-state index in [2.05, 4.69) is 9.98 Å². The van der Waals surface area contributed by atoms with Gasteiger partial charge in [0.05, 0.1) is 12.0 Å². The lowest BCUT2D eigenvalue weighted by Gasteiger charge is -2.02. The number of aromatic nitrogens is 2. The molecule has 0 unspecified atom stereocenters. The van der Waals surface area contributed by atoms with Gasteiger partial charge in [0.2, 0.25) is 5.78 Å². The zero-order valence-electron chi connectivity index (χ0n) is 6.11. The molecule has 56 valence electrons. The summed E-state index contributed by atoms with van der Waals surface area (Å²) in [5.74, 6) is 0.00287. The van der Waals surface area contributed by atoms with Crippen LogP contribution in [-0.4, -0.2) is 28.1 Å². The molecule has 1 aliphatic rings. The molecule has 0 amide bonds. The largest absolute Gasteiger partial charge is 0.332 e. The molecule has 11 heavy (non-hydrogen) atoms. The van der Waals surface area contributed by atoms with E-state index in [1.165, 1.54) is 0 Å². The molecular weight excluding hydrogens is 142 g/mol. The third-order valence-electron chi connectivity index (χ3n) is 1.70. The van der Waals surface area contributed by atoms with Gasteiger partial charge in [0, 0.05) is 13.3 Å². The van der Waals surface area contributed by atoms with Crippen molar-refractivity contribution >= 4 is 12.0 Å². The van der Waals surface area contributed by atoms with Crippen LogP contribution in [0.5, 0.6) is 0 Å². The summed E-state index contributed by atoms with van der Waals surface area (Å²) in [7, 11) is 1.84. The number of aryl methyl sites for hydroxylation is 1. The van der Waals surface area contributed by atoms with E-state index in [0.717, 1.165) is 5.69 Å². The summed E-state index contributed by atoms with van der Waals surface area (Å²) >= 11 is 0. The number of nitrogens with zero attached hydrogens (tertiary/aromatic N) is 3. The Morgan fingerprint density at radius 2 is 2.45 bits per heavy atom. The van der Waals surface area contributed by atoms with Gasteiger partial charge in [-0.2, -0.15) is 0 Å². The van der Waals surface area contributed by atoms with Crippen LogP contribution in [0, 0.1) is 0 Å². The van der Waals surface area contributed by atoms with Gasteiger partial charge in [0.15, 0.2) is 0 Å². The average Bonchev–Trinajstić information content (AvgIpc) is 2.35. The third kappa shape index (κ3) is 0.790. The van der Waals surface area contributed by atoms with E-state index in [1.54, 1.807) is 17.1 Å². The van der Waals surface area contributed by atoms with Gasteiger partial charge in [0.1, 0.15) is 12.2 Å². The minimum Gasteiger partial charge on any atom is -0.332 e. The van der Waals surface area contributed by atoms with Crippen LogP contribution in [0.4, 0.5) is 0 Å². The zero-order valence-corrected chi connectivity index (χ0v) is 6.11. The van der Waals surface area contributed by atoms with Crippen LogP contribution in [0.1, 0.15) is 16.2 Å². The lowest BCUT2D eigenvalue weighted by molar-refractivity contribution is 0.0996. The first-order valence-corrected chi connectivity index (χ1v) is 3.33. The maximum absolute atomic E-state index is 11.1. The summed E-state index contributed by atoms with van der Waals surface area (Å²) < 4.78 is 1.79. The Morgan fingerprint density at radius 3 is 3.18 bits per heavy atom. The maximum atomic E-state index is 11.1. The Kier molecular flexibility index (Phi) is 1.15. The number of imidazole rings is 1. The van der Waals surface area contributed by atoms with Crippen LogP contribution in [0.3, 0.4) is 0 Å². The number of fused-ring (bicyclic) bond motifs is 1. The molecule has 4 nitrogen and oxygen atoms in total. The lowest BCUT2D eigenvalue weighted by atomic mass is 10.2. The Balaban J connectivity index is 2.66. The lowest BCUT2D eigenvalue weighted by Crippen LogP contribution is -2.13. The summed E-state index contributed by atoms with van der Waals surface area (Å²) in [5.41, 5.74) is 1.35. The van der Waals surface area contributed by atoms with Gasteiger partial charge < -0.3 is 4.57 Å². The van der Waals surface area contributed by atoms with Gasteiger partial charge in [-0.3, -0.25) is 9.79 Å². The zero-order chi connectivity index (χ0) is 7.84. The first-order valence-electron chi connectivity index (χ1n) is 3.33. The van der Waals surface area contributed by atoms with Gasteiger partial charge in [-0.15, -0.1) is 0 Å². The number of hydrogen-bond donors (Lipinski definition) is 0. The van der Waals surface area contributed by atoms with Gasteiger partial charge >= 0.3 is 0 Å². The Bertz CT molecular complexity index is 337. The van der Waals surface area contributed by atoms with E-state index in [-0.39, 0.29) is 12.3 Å². The van der Waals surface area contributed by atoms with Crippen LogP contribution in [0.25, 0.3) is 0 Å². The molecule has 0 N–H and O–H groups in total. The van der Waals surface area contributed by atoms with E-state index >= 15 is 0 Å². The van der Waals surface area contributed by atoms with E-state index < -0.39 is 0 Å². The number of hydrogen-bond acceptors (Lipinski definition) is 3. The highest BCUT2D eigenvalue weighted by Gasteiger charge is 2.17. The Morgan fingerprint density at radius 1 is 1.64 bits per heavy atom. The Hall–Kier alpha value is -1.45. The van der Waals surface area contributed by atoms with Gasteiger partial charge in [-0.1, -0.05) is 0 Å². The SMILES string of the molecule is Cn1cnc2c1C=NCC2=O. The van der Waals surface area contributed by atoms with Crippen LogP contribution in [-0.2, 0) is 7.05 Å². The molecule has 0 spiro atoms. The highest BCUT2D eigenvalue weighted by Crippen LogP contribution is 2.08. The second-order valence-corrected chi connectivity index (χ2v) is 2.48. The van der Waals surface area contributed by atoms with Crippen molar-refractivity contribution in [3.8, 4) is 0 Å². The molecule has 0 atom stereocenters. The van der Waals surface area contributed by atoms with Crippen molar-refractivity contribution < 1.29 is 4.79 Å². The Labute approximate surface area is 63.6 Å². The van der Waals surface area contributed by atoms with Gasteiger partial charge in [-0.25, -0.2) is 4.98 Å². The average molecular weight is 149 g/mol. The van der Waals surface area contributed by atoms with Crippen LogP contribution < -0.4 is 0 Å². The summed E-state index contributed by atoms with van der Waals surface area (Å²) in [6.07, 6.45) is 3.31. The standard InChI is InChI=1S/C7H7N3O/c1-10-4-9-7-5(10)2-8-3-6(7)11/h2,4H,3H2,1H3. The first-order chi connectivity index (χ1) is 5.29. The van der Waals surface area contributed by atoms with Crippen molar-refractivity contribution in [2.75, 3.05) is 6.54 Å². The van der Waals surface area contributed by atoms with E-state index in [9.17, 15) is 4.79 Å². The fourth-order valence-electron chi connectivity index (χ4n) is 1.10. The molecule has 0 fully saturated rings. The molecule has 1 aromatic heterocycles. The number of Topliss-reactive ketones (excluding diaryl/α,β-unsaturated/α-hetero) is 1. The molecule has 0 aliphatic carbocycles. The third-order valence-corrected chi connectivity index (χ3v) is 1.70.